The van der Waals surface area contributed by atoms with Gasteiger partial charge >= 0.3 is 0 Å². The van der Waals surface area contributed by atoms with Gasteiger partial charge in [0.2, 0.25) is 0 Å². The summed E-state index contributed by atoms with van der Waals surface area (Å²) in [5.41, 5.74) is 0. The fraction of sp³-hybridized carbons (Fsp3) is 1.00. The first-order valence-corrected chi connectivity index (χ1v) is 7.19. The Kier molecular flexibility index (Phi) is 5.95. The molecule has 0 aromatic carbocycles. The highest BCUT2D eigenvalue weighted by Gasteiger charge is 2.16. The molecule has 0 bridgehead atoms. The van der Waals surface area contributed by atoms with Crippen molar-refractivity contribution < 1.29 is 0 Å². The Morgan fingerprint density at radius 1 is 1.43 bits per heavy atom. The summed E-state index contributed by atoms with van der Waals surface area (Å²) in [5, 5.41) is 3.68. The van der Waals surface area contributed by atoms with Crippen LogP contribution in [0, 0.1) is 11.8 Å². The van der Waals surface area contributed by atoms with E-state index in [0.29, 0.717) is 6.04 Å². The summed E-state index contributed by atoms with van der Waals surface area (Å²) in [6.45, 7) is 8.20. The van der Waals surface area contributed by atoms with Crippen molar-refractivity contribution in [1.29, 1.82) is 0 Å². The maximum Gasteiger partial charge on any atom is 0.00413 e. The molecule has 84 valence electrons. The first-order chi connectivity index (χ1) is 6.72. The number of rotatable bonds is 6. The molecular weight excluding hydrogens is 190 g/mol. The largest absolute Gasteiger partial charge is 0.314 e. The fourth-order valence-electron chi connectivity index (χ4n) is 1.97. The second-order valence-corrected chi connectivity index (χ2v) is 5.94. The number of hydrogen-bond donors (Lipinski definition) is 1. The first kappa shape index (κ1) is 12.4. The average molecular weight is 215 g/mol. The molecule has 1 nitrogen and oxygen atoms in total. The molecule has 0 aromatic rings. The van der Waals surface area contributed by atoms with E-state index >= 15 is 0 Å². The SMILES string of the molecule is CCC(C)CC(C)NCC1CCSC1. The van der Waals surface area contributed by atoms with Crippen LogP contribution in [0.4, 0.5) is 0 Å². The zero-order valence-electron chi connectivity index (χ0n) is 9.88. The molecule has 1 heterocycles. The van der Waals surface area contributed by atoms with Crippen LogP contribution in [-0.4, -0.2) is 24.1 Å². The molecule has 1 saturated heterocycles. The van der Waals surface area contributed by atoms with Crippen LogP contribution in [0.1, 0.15) is 40.0 Å². The third-order valence-electron chi connectivity index (χ3n) is 3.23. The summed E-state index contributed by atoms with van der Waals surface area (Å²) < 4.78 is 0. The molecule has 0 amide bonds. The standard InChI is InChI=1S/C12H25NS/c1-4-10(2)7-11(3)13-8-12-5-6-14-9-12/h10-13H,4-9H2,1-3H3. The Morgan fingerprint density at radius 3 is 2.79 bits per heavy atom. The molecular formula is C12H25NS. The van der Waals surface area contributed by atoms with Crippen molar-refractivity contribution in [3.63, 3.8) is 0 Å². The summed E-state index contributed by atoms with van der Waals surface area (Å²) in [5.74, 6) is 4.57. The van der Waals surface area contributed by atoms with Crippen LogP contribution in [-0.2, 0) is 0 Å². The van der Waals surface area contributed by atoms with E-state index in [1.54, 1.807) is 0 Å². The third-order valence-corrected chi connectivity index (χ3v) is 4.46. The molecule has 0 saturated carbocycles. The van der Waals surface area contributed by atoms with Crippen LogP contribution in [0.3, 0.4) is 0 Å². The lowest BCUT2D eigenvalue weighted by atomic mass is 10.00. The van der Waals surface area contributed by atoms with E-state index in [4.69, 9.17) is 0 Å². The second-order valence-electron chi connectivity index (χ2n) is 4.79. The average Bonchev–Trinajstić information content (AvgIpc) is 2.67. The number of nitrogens with one attached hydrogen (secondary N) is 1. The van der Waals surface area contributed by atoms with Crippen molar-refractivity contribution in [3.8, 4) is 0 Å². The molecule has 1 N–H and O–H groups in total. The van der Waals surface area contributed by atoms with Gasteiger partial charge in [-0.1, -0.05) is 20.3 Å². The summed E-state index contributed by atoms with van der Waals surface area (Å²) in [4.78, 5) is 0. The molecule has 1 aliphatic rings. The predicted molar refractivity (Wildman–Crippen MR) is 67.0 cm³/mol. The lowest BCUT2D eigenvalue weighted by Crippen LogP contribution is -2.32. The molecule has 1 fully saturated rings. The predicted octanol–water partition coefficient (Wildman–Crippen LogP) is 3.15. The van der Waals surface area contributed by atoms with E-state index in [2.05, 4.69) is 37.8 Å². The minimum atomic E-state index is 0.704. The molecule has 0 aliphatic carbocycles. The highest BCUT2D eigenvalue weighted by atomic mass is 32.2. The minimum absolute atomic E-state index is 0.704. The first-order valence-electron chi connectivity index (χ1n) is 6.03. The zero-order chi connectivity index (χ0) is 10.4. The summed E-state index contributed by atoms with van der Waals surface area (Å²) in [6, 6.07) is 0.704. The Bertz CT molecular complexity index is 143. The van der Waals surface area contributed by atoms with Crippen LogP contribution in [0.2, 0.25) is 0 Å². The molecule has 3 unspecified atom stereocenters. The number of hydrogen-bond acceptors (Lipinski definition) is 2. The van der Waals surface area contributed by atoms with Gasteiger partial charge in [-0.15, -0.1) is 0 Å². The summed E-state index contributed by atoms with van der Waals surface area (Å²) >= 11 is 2.11. The highest BCUT2D eigenvalue weighted by Crippen LogP contribution is 2.22. The van der Waals surface area contributed by atoms with Crippen LogP contribution in [0.5, 0.6) is 0 Å². The van der Waals surface area contributed by atoms with Crippen LogP contribution in [0.25, 0.3) is 0 Å². The second kappa shape index (κ2) is 6.73. The fourth-order valence-corrected chi connectivity index (χ4v) is 3.25. The van der Waals surface area contributed by atoms with E-state index in [9.17, 15) is 0 Å². The third kappa shape index (κ3) is 4.70. The normalized spacial score (nSPS) is 26.4. The molecule has 3 atom stereocenters. The van der Waals surface area contributed by atoms with Gasteiger partial charge in [-0.3, -0.25) is 0 Å². The Balaban J connectivity index is 2.04. The van der Waals surface area contributed by atoms with Gasteiger partial charge in [0.15, 0.2) is 0 Å². The van der Waals surface area contributed by atoms with Crippen molar-refractivity contribution in [2.45, 2.75) is 46.1 Å². The van der Waals surface area contributed by atoms with Crippen molar-refractivity contribution in [3.05, 3.63) is 0 Å². The van der Waals surface area contributed by atoms with Crippen molar-refractivity contribution >= 4 is 11.8 Å². The van der Waals surface area contributed by atoms with Gasteiger partial charge in [-0.2, -0.15) is 11.8 Å². The van der Waals surface area contributed by atoms with E-state index in [1.165, 1.54) is 37.3 Å². The monoisotopic (exact) mass is 215 g/mol. The van der Waals surface area contributed by atoms with Crippen LogP contribution >= 0.6 is 11.8 Å². The lowest BCUT2D eigenvalue weighted by molar-refractivity contribution is 0.390. The molecule has 0 aromatic heterocycles. The van der Waals surface area contributed by atoms with E-state index in [1.807, 2.05) is 0 Å². The van der Waals surface area contributed by atoms with Crippen LogP contribution in [0.15, 0.2) is 0 Å². The smallest absolute Gasteiger partial charge is 0.00413 e. The van der Waals surface area contributed by atoms with Gasteiger partial charge in [-0.05, 0) is 49.7 Å². The van der Waals surface area contributed by atoms with Crippen LogP contribution < -0.4 is 5.32 Å². The Hall–Kier alpha value is 0.310. The maximum absolute atomic E-state index is 3.68. The van der Waals surface area contributed by atoms with E-state index in [-0.39, 0.29) is 0 Å². The van der Waals surface area contributed by atoms with Gasteiger partial charge in [-0.25, -0.2) is 0 Å². The lowest BCUT2D eigenvalue weighted by Gasteiger charge is -2.19. The van der Waals surface area contributed by atoms with E-state index in [0.717, 1.165) is 11.8 Å². The zero-order valence-corrected chi connectivity index (χ0v) is 10.7. The van der Waals surface area contributed by atoms with Crippen molar-refractivity contribution in [2.75, 3.05) is 18.1 Å². The highest BCUT2D eigenvalue weighted by molar-refractivity contribution is 7.99. The minimum Gasteiger partial charge on any atom is -0.314 e. The molecule has 2 heteroatoms. The van der Waals surface area contributed by atoms with E-state index < -0.39 is 0 Å². The Labute approximate surface area is 93.4 Å². The quantitative estimate of drug-likeness (QED) is 0.730. The maximum atomic E-state index is 3.68. The van der Waals surface area contributed by atoms with Gasteiger partial charge in [0.25, 0.3) is 0 Å². The molecule has 1 aliphatic heterocycles. The van der Waals surface area contributed by atoms with Crippen molar-refractivity contribution in [2.24, 2.45) is 11.8 Å². The molecule has 0 spiro atoms. The summed E-state index contributed by atoms with van der Waals surface area (Å²) in [7, 11) is 0. The Morgan fingerprint density at radius 2 is 2.21 bits per heavy atom. The van der Waals surface area contributed by atoms with Gasteiger partial charge in [0.1, 0.15) is 0 Å². The molecule has 1 rings (SSSR count). The summed E-state index contributed by atoms with van der Waals surface area (Å²) in [6.07, 6.45) is 4.06. The van der Waals surface area contributed by atoms with Gasteiger partial charge in [0, 0.05) is 6.04 Å². The van der Waals surface area contributed by atoms with Gasteiger partial charge in [0.05, 0.1) is 0 Å². The van der Waals surface area contributed by atoms with Gasteiger partial charge < -0.3 is 5.32 Å². The molecule has 14 heavy (non-hydrogen) atoms. The number of thioether (sulfide) groups is 1. The molecule has 0 radical (unpaired) electrons. The topological polar surface area (TPSA) is 12.0 Å². The van der Waals surface area contributed by atoms with Crippen molar-refractivity contribution in [1.82, 2.24) is 5.32 Å².